The Labute approximate surface area is 117 Å². The number of piperidine rings is 1. The number of amides is 1. The summed E-state index contributed by atoms with van der Waals surface area (Å²) < 4.78 is 5.29. The number of carbonyl (C=O) groups is 2. The fourth-order valence-corrected chi connectivity index (χ4v) is 2.37. The molecule has 6 nitrogen and oxygen atoms in total. The molecule has 1 fully saturated rings. The minimum atomic E-state index is -0.770. The molecule has 0 bridgehead atoms. The van der Waals surface area contributed by atoms with E-state index in [1.807, 2.05) is 0 Å². The molecule has 1 aromatic rings. The first-order valence-electron chi connectivity index (χ1n) is 6.86. The third kappa shape index (κ3) is 4.09. The van der Waals surface area contributed by atoms with E-state index in [-0.39, 0.29) is 18.4 Å². The Hall–Kier alpha value is -1.82. The van der Waals surface area contributed by atoms with Crippen molar-refractivity contribution in [1.82, 2.24) is 10.2 Å². The van der Waals surface area contributed by atoms with Crippen molar-refractivity contribution in [3.05, 3.63) is 23.7 Å². The van der Waals surface area contributed by atoms with Gasteiger partial charge in [-0.2, -0.15) is 0 Å². The molecule has 0 aliphatic carbocycles. The van der Waals surface area contributed by atoms with Gasteiger partial charge in [0.1, 0.15) is 5.76 Å². The van der Waals surface area contributed by atoms with Gasteiger partial charge < -0.3 is 19.7 Å². The zero-order valence-corrected chi connectivity index (χ0v) is 11.6. The highest BCUT2D eigenvalue weighted by Crippen LogP contribution is 2.12. The molecule has 2 N–H and O–H groups in total. The van der Waals surface area contributed by atoms with Crippen molar-refractivity contribution in [3.63, 3.8) is 0 Å². The molecule has 1 saturated heterocycles. The van der Waals surface area contributed by atoms with Crippen molar-refractivity contribution in [1.29, 1.82) is 0 Å². The maximum absolute atomic E-state index is 11.9. The number of likely N-dealkylation sites (tertiary alicyclic amines) is 1. The van der Waals surface area contributed by atoms with Crippen LogP contribution in [0.15, 0.2) is 16.5 Å². The molecule has 1 aliphatic rings. The largest absolute Gasteiger partial charge is 0.481 e. The second-order valence-corrected chi connectivity index (χ2v) is 5.14. The van der Waals surface area contributed by atoms with Gasteiger partial charge in [0.15, 0.2) is 5.76 Å². The van der Waals surface area contributed by atoms with Crippen LogP contribution in [0.2, 0.25) is 0 Å². The molecular weight excluding hydrogens is 260 g/mol. The van der Waals surface area contributed by atoms with Crippen molar-refractivity contribution >= 4 is 11.9 Å². The average Bonchev–Trinajstić information content (AvgIpc) is 2.85. The van der Waals surface area contributed by atoms with E-state index in [0.717, 1.165) is 31.7 Å². The number of furan rings is 1. The van der Waals surface area contributed by atoms with Gasteiger partial charge in [-0.05, 0) is 31.9 Å². The van der Waals surface area contributed by atoms with Crippen molar-refractivity contribution in [3.8, 4) is 0 Å². The van der Waals surface area contributed by atoms with Crippen LogP contribution in [-0.2, 0) is 4.79 Å². The van der Waals surface area contributed by atoms with Crippen LogP contribution in [0.4, 0.5) is 0 Å². The highest BCUT2D eigenvalue weighted by molar-refractivity contribution is 5.91. The second-order valence-electron chi connectivity index (χ2n) is 5.14. The minimum Gasteiger partial charge on any atom is -0.481 e. The number of carboxylic acids is 1. The van der Waals surface area contributed by atoms with E-state index in [0.29, 0.717) is 12.3 Å². The third-order valence-electron chi connectivity index (χ3n) is 3.53. The summed E-state index contributed by atoms with van der Waals surface area (Å²) in [6, 6.07) is 3.57. The molecule has 1 aromatic heterocycles. The maximum Gasteiger partial charge on any atom is 0.304 e. The first-order valence-corrected chi connectivity index (χ1v) is 6.86. The van der Waals surface area contributed by atoms with Gasteiger partial charge in [-0.1, -0.05) is 0 Å². The van der Waals surface area contributed by atoms with Crippen LogP contribution >= 0.6 is 0 Å². The Bertz CT molecular complexity index is 475. The van der Waals surface area contributed by atoms with Gasteiger partial charge in [-0.25, -0.2) is 0 Å². The summed E-state index contributed by atoms with van der Waals surface area (Å²) in [4.78, 5) is 24.6. The molecule has 0 saturated carbocycles. The fraction of sp³-hybridized carbons (Fsp3) is 0.571. The quantitative estimate of drug-likeness (QED) is 0.848. The van der Waals surface area contributed by atoms with E-state index < -0.39 is 5.97 Å². The lowest BCUT2D eigenvalue weighted by Gasteiger charge is -2.31. The number of nitrogens with zero attached hydrogens (tertiary/aromatic N) is 1. The van der Waals surface area contributed by atoms with Gasteiger partial charge in [0.05, 0.1) is 6.42 Å². The number of rotatable bonds is 5. The van der Waals surface area contributed by atoms with Crippen LogP contribution in [0.1, 0.15) is 35.6 Å². The number of aliphatic carboxylic acids is 1. The summed E-state index contributed by atoms with van der Waals surface area (Å²) >= 11 is 0. The summed E-state index contributed by atoms with van der Waals surface area (Å²) in [6.45, 7) is 4.01. The average molecular weight is 280 g/mol. The van der Waals surface area contributed by atoms with Crippen LogP contribution in [0, 0.1) is 6.92 Å². The monoisotopic (exact) mass is 280 g/mol. The second kappa shape index (κ2) is 6.56. The highest BCUT2D eigenvalue weighted by atomic mass is 16.4. The van der Waals surface area contributed by atoms with E-state index in [9.17, 15) is 9.59 Å². The third-order valence-corrected chi connectivity index (χ3v) is 3.53. The zero-order chi connectivity index (χ0) is 14.5. The summed E-state index contributed by atoms with van der Waals surface area (Å²) in [5.41, 5.74) is 0. The van der Waals surface area contributed by atoms with E-state index in [4.69, 9.17) is 9.52 Å². The van der Waals surface area contributed by atoms with Gasteiger partial charge in [-0.3, -0.25) is 9.59 Å². The molecule has 2 rings (SSSR count). The molecule has 1 aliphatic heterocycles. The molecule has 20 heavy (non-hydrogen) atoms. The summed E-state index contributed by atoms with van der Waals surface area (Å²) in [5, 5.41) is 11.6. The normalized spacial score (nSPS) is 17.1. The number of hydrogen-bond acceptors (Lipinski definition) is 4. The lowest BCUT2D eigenvalue weighted by molar-refractivity contribution is -0.137. The van der Waals surface area contributed by atoms with Crippen LogP contribution in [0.5, 0.6) is 0 Å². The number of nitrogens with one attached hydrogen (secondary N) is 1. The van der Waals surface area contributed by atoms with Crippen molar-refractivity contribution < 1.29 is 19.1 Å². The molecule has 110 valence electrons. The smallest absolute Gasteiger partial charge is 0.304 e. The van der Waals surface area contributed by atoms with Crippen molar-refractivity contribution in [2.45, 2.75) is 32.2 Å². The lowest BCUT2D eigenvalue weighted by Crippen LogP contribution is -2.45. The predicted molar refractivity (Wildman–Crippen MR) is 72.6 cm³/mol. The number of carbonyl (C=O) groups excluding carboxylic acids is 1. The molecule has 2 heterocycles. The predicted octanol–water partition coefficient (Wildman–Crippen LogP) is 1.26. The summed E-state index contributed by atoms with van der Waals surface area (Å²) in [5.74, 6) is 0.116. The van der Waals surface area contributed by atoms with Crippen molar-refractivity contribution in [2.75, 3.05) is 19.6 Å². The Balaban J connectivity index is 1.74. The van der Waals surface area contributed by atoms with E-state index in [2.05, 4.69) is 10.2 Å². The molecular formula is C14H20N2O4. The van der Waals surface area contributed by atoms with Crippen LogP contribution in [-0.4, -0.2) is 47.6 Å². The highest BCUT2D eigenvalue weighted by Gasteiger charge is 2.22. The number of aryl methyl sites for hydroxylation is 1. The molecule has 0 aromatic carbocycles. The Kier molecular flexibility index (Phi) is 4.79. The van der Waals surface area contributed by atoms with Gasteiger partial charge in [0.25, 0.3) is 5.91 Å². The standard InChI is InChI=1S/C14H20N2O4/c1-10-2-3-12(20-10)14(19)15-11-4-7-16(8-5-11)9-6-13(17)18/h2-3,11H,4-9H2,1H3,(H,15,19)(H,17,18). The first-order chi connectivity index (χ1) is 9.54. The Morgan fingerprint density at radius 2 is 2.10 bits per heavy atom. The van der Waals surface area contributed by atoms with Crippen molar-refractivity contribution in [2.24, 2.45) is 0 Å². The zero-order valence-electron chi connectivity index (χ0n) is 11.6. The number of hydrogen-bond donors (Lipinski definition) is 2. The van der Waals surface area contributed by atoms with Gasteiger partial charge in [0, 0.05) is 25.7 Å². The Morgan fingerprint density at radius 1 is 1.40 bits per heavy atom. The SMILES string of the molecule is Cc1ccc(C(=O)NC2CCN(CCC(=O)O)CC2)o1. The molecule has 0 spiro atoms. The maximum atomic E-state index is 11.9. The van der Waals surface area contributed by atoms with Gasteiger partial charge in [0.2, 0.25) is 0 Å². The molecule has 6 heteroatoms. The first kappa shape index (κ1) is 14.6. The van der Waals surface area contributed by atoms with Gasteiger partial charge in [-0.15, -0.1) is 0 Å². The molecule has 0 radical (unpaired) electrons. The summed E-state index contributed by atoms with van der Waals surface area (Å²) in [7, 11) is 0. The van der Waals surface area contributed by atoms with E-state index >= 15 is 0 Å². The van der Waals surface area contributed by atoms with E-state index in [1.54, 1.807) is 19.1 Å². The number of carboxylic acid groups (broad SMARTS) is 1. The summed E-state index contributed by atoms with van der Waals surface area (Å²) in [6.07, 6.45) is 1.85. The fourth-order valence-electron chi connectivity index (χ4n) is 2.37. The van der Waals surface area contributed by atoms with E-state index in [1.165, 1.54) is 0 Å². The molecule has 0 unspecified atom stereocenters. The minimum absolute atomic E-state index is 0.133. The molecule has 1 amide bonds. The van der Waals surface area contributed by atoms with Gasteiger partial charge >= 0.3 is 5.97 Å². The van der Waals surface area contributed by atoms with Crippen LogP contribution in [0.3, 0.4) is 0 Å². The topological polar surface area (TPSA) is 82.8 Å². The van der Waals surface area contributed by atoms with Crippen LogP contribution < -0.4 is 5.32 Å². The Morgan fingerprint density at radius 3 is 2.65 bits per heavy atom. The molecule has 0 atom stereocenters. The van der Waals surface area contributed by atoms with Crippen LogP contribution in [0.25, 0.3) is 0 Å². The lowest BCUT2D eigenvalue weighted by atomic mass is 10.0.